The van der Waals surface area contributed by atoms with E-state index in [9.17, 15) is 0 Å². The Hall–Kier alpha value is -0.770. The van der Waals surface area contributed by atoms with Crippen LogP contribution in [0.5, 0.6) is 0 Å². The summed E-state index contributed by atoms with van der Waals surface area (Å²) >= 11 is 11.8. The fraction of sp³-hybridized carbons (Fsp3) is 0.300. The summed E-state index contributed by atoms with van der Waals surface area (Å²) in [6.45, 7) is 0. The van der Waals surface area contributed by atoms with E-state index in [-0.39, 0.29) is 0 Å². The number of halogens is 2. The van der Waals surface area contributed by atoms with Crippen LogP contribution in [0.3, 0.4) is 0 Å². The van der Waals surface area contributed by atoms with Gasteiger partial charge in [0.25, 0.3) is 0 Å². The monoisotopic (exact) mass is 243 g/mol. The first-order valence-electron chi connectivity index (χ1n) is 4.70. The van der Waals surface area contributed by atoms with Gasteiger partial charge in [0, 0.05) is 15.6 Å². The van der Waals surface area contributed by atoms with Crippen molar-refractivity contribution in [3.63, 3.8) is 0 Å². The average Bonchev–Trinajstić information content (AvgIpc) is 2.96. The zero-order valence-electron chi connectivity index (χ0n) is 8.00. The molecule has 1 aromatic carbocycles. The number of hydrogen-bond acceptors (Lipinski definition) is 2. The van der Waals surface area contributed by atoms with E-state index in [1.807, 2.05) is 0 Å². The third-order valence-electron chi connectivity index (χ3n) is 2.13. The van der Waals surface area contributed by atoms with Gasteiger partial charge in [-0.05, 0) is 31.0 Å². The first-order valence-corrected chi connectivity index (χ1v) is 5.45. The molecule has 0 spiro atoms. The number of rotatable bonds is 2. The van der Waals surface area contributed by atoms with Crippen molar-refractivity contribution in [3.8, 4) is 0 Å². The van der Waals surface area contributed by atoms with Gasteiger partial charge in [0.05, 0.1) is 6.04 Å². The molecule has 0 bridgehead atoms. The normalized spacial score (nSPS) is 16.6. The van der Waals surface area contributed by atoms with E-state index >= 15 is 0 Å². The van der Waals surface area contributed by atoms with Gasteiger partial charge < -0.3 is 5.43 Å². The summed E-state index contributed by atoms with van der Waals surface area (Å²) in [5, 5.41) is 1.16. The summed E-state index contributed by atoms with van der Waals surface area (Å²) in [6.07, 6.45) is 2.25. The number of hydrogen-bond donors (Lipinski definition) is 2. The van der Waals surface area contributed by atoms with Crippen LogP contribution in [0.2, 0.25) is 10.0 Å². The van der Waals surface area contributed by atoms with Crippen molar-refractivity contribution in [2.45, 2.75) is 18.9 Å². The molecule has 3 N–H and O–H groups in total. The second-order valence-corrected chi connectivity index (χ2v) is 4.38. The molecule has 0 aliphatic heterocycles. The molecule has 80 valence electrons. The molecule has 0 radical (unpaired) electrons. The van der Waals surface area contributed by atoms with Gasteiger partial charge in [-0.25, -0.2) is 5.84 Å². The number of nitrogens with two attached hydrogens (primary N) is 1. The van der Waals surface area contributed by atoms with E-state index in [4.69, 9.17) is 29.0 Å². The smallest absolute Gasteiger partial charge is 0.142 e. The lowest BCUT2D eigenvalue weighted by Crippen LogP contribution is -2.31. The van der Waals surface area contributed by atoms with E-state index in [2.05, 4.69) is 10.4 Å². The van der Waals surface area contributed by atoms with E-state index in [0.717, 1.165) is 18.4 Å². The zero-order valence-corrected chi connectivity index (χ0v) is 9.52. The molecule has 3 nitrogen and oxygen atoms in total. The summed E-state index contributed by atoms with van der Waals surface area (Å²) in [6, 6.07) is 5.65. The van der Waals surface area contributed by atoms with Gasteiger partial charge in [0.2, 0.25) is 0 Å². The van der Waals surface area contributed by atoms with Crippen LogP contribution in [0.4, 0.5) is 0 Å². The lowest BCUT2D eigenvalue weighted by molar-refractivity contribution is 0.971. The number of amidine groups is 1. The molecule has 2 rings (SSSR count). The van der Waals surface area contributed by atoms with Crippen molar-refractivity contribution in [1.82, 2.24) is 5.43 Å². The highest BCUT2D eigenvalue weighted by molar-refractivity contribution is 6.35. The van der Waals surface area contributed by atoms with Crippen LogP contribution < -0.4 is 11.3 Å². The molecule has 0 heterocycles. The second-order valence-electron chi connectivity index (χ2n) is 3.51. The topological polar surface area (TPSA) is 50.4 Å². The van der Waals surface area contributed by atoms with Crippen LogP contribution in [0, 0.1) is 0 Å². The highest BCUT2D eigenvalue weighted by Gasteiger charge is 2.21. The van der Waals surface area contributed by atoms with Crippen LogP contribution in [0.15, 0.2) is 23.2 Å². The molecule has 1 fully saturated rings. The predicted molar refractivity (Wildman–Crippen MR) is 63.3 cm³/mol. The third-order valence-corrected chi connectivity index (χ3v) is 2.57. The van der Waals surface area contributed by atoms with Gasteiger partial charge in [-0.2, -0.15) is 0 Å². The Morgan fingerprint density at radius 2 is 1.87 bits per heavy atom. The molecule has 5 heteroatoms. The van der Waals surface area contributed by atoms with Gasteiger partial charge in [-0.15, -0.1) is 0 Å². The lowest BCUT2D eigenvalue weighted by atomic mass is 10.2. The minimum Gasteiger partial charge on any atom is -0.308 e. The van der Waals surface area contributed by atoms with Gasteiger partial charge in [-0.3, -0.25) is 4.99 Å². The molecular weight excluding hydrogens is 233 g/mol. The SMILES string of the molecule is NNC(=NC1CC1)c1cc(Cl)cc(Cl)c1. The summed E-state index contributed by atoms with van der Waals surface area (Å²) in [5.41, 5.74) is 3.40. The van der Waals surface area contributed by atoms with Crippen molar-refractivity contribution >= 4 is 29.0 Å². The molecule has 0 unspecified atom stereocenters. The number of aliphatic imine (C=N–C) groups is 1. The van der Waals surface area contributed by atoms with Crippen molar-refractivity contribution in [1.29, 1.82) is 0 Å². The van der Waals surface area contributed by atoms with E-state index in [1.54, 1.807) is 18.2 Å². The second kappa shape index (κ2) is 4.39. The number of nitrogens with zero attached hydrogens (tertiary/aromatic N) is 1. The van der Waals surface area contributed by atoms with Gasteiger partial charge in [-0.1, -0.05) is 23.2 Å². The van der Waals surface area contributed by atoms with Crippen LogP contribution >= 0.6 is 23.2 Å². The maximum Gasteiger partial charge on any atom is 0.142 e. The van der Waals surface area contributed by atoms with Crippen molar-refractivity contribution in [2.75, 3.05) is 0 Å². The van der Waals surface area contributed by atoms with E-state index in [0.29, 0.717) is 21.9 Å². The fourth-order valence-electron chi connectivity index (χ4n) is 1.27. The molecular formula is C10H11Cl2N3. The van der Waals surface area contributed by atoms with Gasteiger partial charge in [0.15, 0.2) is 0 Å². The van der Waals surface area contributed by atoms with Crippen molar-refractivity contribution in [3.05, 3.63) is 33.8 Å². The fourth-order valence-corrected chi connectivity index (χ4v) is 1.80. The summed E-state index contributed by atoms with van der Waals surface area (Å²) in [4.78, 5) is 4.42. The molecule has 15 heavy (non-hydrogen) atoms. The Bertz CT molecular complexity index is 379. The Morgan fingerprint density at radius 1 is 1.27 bits per heavy atom. The number of benzene rings is 1. The molecule has 0 atom stereocenters. The van der Waals surface area contributed by atoms with Crippen LogP contribution in [-0.2, 0) is 0 Å². The molecule has 1 aliphatic rings. The van der Waals surface area contributed by atoms with Gasteiger partial charge >= 0.3 is 0 Å². The largest absolute Gasteiger partial charge is 0.308 e. The molecule has 1 aromatic rings. The molecule has 0 aromatic heterocycles. The van der Waals surface area contributed by atoms with Crippen molar-refractivity contribution in [2.24, 2.45) is 10.8 Å². The standard InChI is InChI=1S/C10H11Cl2N3/c11-7-3-6(4-8(12)5-7)10(15-13)14-9-1-2-9/h3-5,9H,1-2,13H2,(H,14,15). The first-order chi connectivity index (χ1) is 7.19. The maximum absolute atomic E-state index is 5.90. The third kappa shape index (κ3) is 2.84. The molecule has 0 amide bonds. The highest BCUT2D eigenvalue weighted by Crippen LogP contribution is 2.25. The molecule has 0 saturated heterocycles. The molecule has 1 saturated carbocycles. The Morgan fingerprint density at radius 3 is 2.33 bits per heavy atom. The van der Waals surface area contributed by atoms with Crippen LogP contribution in [-0.4, -0.2) is 11.9 Å². The lowest BCUT2D eigenvalue weighted by Gasteiger charge is -2.06. The van der Waals surface area contributed by atoms with Crippen LogP contribution in [0.25, 0.3) is 0 Å². The Balaban J connectivity index is 2.32. The minimum atomic E-state index is 0.397. The average molecular weight is 244 g/mol. The molecule has 1 aliphatic carbocycles. The Kier molecular flexibility index (Phi) is 3.14. The number of hydrazine groups is 1. The number of nitrogens with one attached hydrogen (secondary N) is 1. The quantitative estimate of drug-likeness (QED) is 0.363. The summed E-state index contributed by atoms with van der Waals surface area (Å²) in [5.74, 6) is 6.05. The summed E-state index contributed by atoms with van der Waals surface area (Å²) in [7, 11) is 0. The van der Waals surface area contributed by atoms with Crippen molar-refractivity contribution < 1.29 is 0 Å². The highest BCUT2D eigenvalue weighted by atomic mass is 35.5. The summed E-state index contributed by atoms with van der Waals surface area (Å²) < 4.78 is 0. The van der Waals surface area contributed by atoms with Gasteiger partial charge in [0.1, 0.15) is 5.84 Å². The van der Waals surface area contributed by atoms with E-state index in [1.165, 1.54) is 0 Å². The first kappa shape index (κ1) is 10.7. The minimum absolute atomic E-state index is 0.397. The Labute approximate surface area is 98.2 Å². The maximum atomic E-state index is 5.90. The zero-order chi connectivity index (χ0) is 10.8. The van der Waals surface area contributed by atoms with Crippen LogP contribution in [0.1, 0.15) is 18.4 Å². The predicted octanol–water partition coefficient (Wildman–Crippen LogP) is 2.37. The van der Waals surface area contributed by atoms with E-state index < -0.39 is 0 Å².